The number of halogens is 1. The number of phenolic OH excluding ortho intramolecular Hbond substituents is 1. The molecule has 0 aliphatic carbocycles. The molecule has 1 aliphatic heterocycles. The van der Waals surface area contributed by atoms with Gasteiger partial charge in [-0.25, -0.2) is 0 Å². The highest BCUT2D eigenvalue weighted by atomic mass is 79.9. The fourth-order valence-corrected chi connectivity index (χ4v) is 3.33. The number of piperazine rings is 1. The van der Waals surface area contributed by atoms with Gasteiger partial charge in [0.1, 0.15) is 5.75 Å². The number of aliphatic hydroxyl groups excluding tert-OH is 1. The molecule has 2 unspecified atom stereocenters. The van der Waals surface area contributed by atoms with Gasteiger partial charge in [-0.3, -0.25) is 9.80 Å². The lowest BCUT2D eigenvalue weighted by atomic mass is 10.0. The summed E-state index contributed by atoms with van der Waals surface area (Å²) in [4.78, 5) is 4.79. The monoisotopic (exact) mass is 342 g/mol. The second-order valence-corrected chi connectivity index (χ2v) is 6.24. The van der Waals surface area contributed by atoms with Crippen LogP contribution in [0, 0.1) is 0 Å². The molecule has 0 amide bonds. The Morgan fingerprint density at radius 1 is 1.40 bits per heavy atom. The summed E-state index contributed by atoms with van der Waals surface area (Å²) < 4.78 is 0.675. The number of hydrogen-bond acceptors (Lipinski definition) is 4. The minimum absolute atomic E-state index is 0.00615. The topological polar surface area (TPSA) is 46.9 Å². The van der Waals surface area contributed by atoms with Crippen LogP contribution in [0.3, 0.4) is 0 Å². The van der Waals surface area contributed by atoms with Crippen LogP contribution < -0.4 is 0 Å². The van der Waals surface area contributed by atoms with Crippen molar-refractivity contribution in [3.8, 4) is 5.75 Å². The smallest absolute Gasteiger partial charge is 0.129 e. The van der Waals surface area contributed by atoms with E-state index in [1.165, 1.54) is 0 Å². The second kappa shape index (κ2) is 6.89. The molecule has 1 aromatic carbocycles. The molecular formula is C15H23BrN2O2. The lowest BCUT2D eigenvalue weighted by Crippen LogP contribution is -2.53. The zero-order valence-corrected chi connectivity index (χ0v) is 13.7. The summed E-state index contributed by atoms with van der Waals surface area (Å²) in [6.07, 6.45) is 0. The fourth-order valence-electron chi connectivity index (χ4n) is 2.94. The van der Waals surface area contributed by atoms with Crippen molar-refractivity contribution in [3.05, 3.63) is 28.2 Å². The predicted molar refractivity (Wildman–Crippen MR) is 83.9 cm³/mol. The largest absolute Gasteiger partial charge is 0.507 e. The molecule has 1 fully saturated rings. The normalized spacial score (nSPS) is 22.9. The average Bonchev–Trinajstić information content (AvgIpc) is 2.44. The lowest BCUT2D eigenvalue weighted by molar-refractivity contribution is 0.0367. The standard InChI is InChI=1S/C15H23BrN2O2/c1-3-17-6-7-18(9-11(17)2)14(10-19)12-4-5-15(20)13(16)8-12/h4-5,8,11,14,19-20H,3,6-7,9-10H2,1-2H3. The van der Waals surface area contributed by atoms with E-state index in [1.54, 1.807) is 6.07 Å². The van der Waals surface area contributed by atoms with Crippen LogP contribution in [0.2, 0.25) is 0 Å². The molecule has 1 heterocycles. The number of aliphatic hydroxyl groups is 1. The molecule has 2 atom stereocenters. The summed E-state index contributed by atoms with van der Waals surface area (Å²) in [6, 6.07) is 5.95. The Morgan fingerprint density at radius 3 is 2.70 bits per heavy atom. The van der Waals surface area contributed by atoms with Crippen molar-refractivity contribution in [2.75, 3.05) is 32.8 Å². The molecule has 1 aromatic rings. The van der Waals surface area contributed by atoms with Crippen LogP contribution in [0.25, 0.3) is 0 Å². The maximum absolute atomic E-state index is 9.77. The Bertz CT molecular complexity index is 455. The van der Waals surface area contributed by atoms with Crippen LogP contribution in [-0.2, 0) is 0 Å². The van der Waals surface area contributed by atoms with Gasteiger partial charge < -0.3 is 10.2 Å². The zero-order valence-electron chi connectivity index (χ0n) is 12.1. The molecule has 4 nitrogen and oxygen atoms in total. The number of likely N-dealkylation sites (N-methyl/N-ethyl adjacent to an activating group) is 1. The van der Waals surface area contributed by atoms with E-state index in [2.05, 4.69) is 39.6 Å². The Kier molecular flexibility index (Phi) is 5.43. The number of hydrogen-bond donors (Lipinski definition) is 2. The maximum Gasteiger partial charge on any atom is 0.129 e. The van der Waals surface area contributed by atoms with E-state index in [9.17, 15) is 10.2 Å². The maximum atomic E-state index is 9.77. The average molecular weight is 343 g/mol. The SMILES string of the molecule is CCN1CCN(C(CO)c2ccc(O)c(Br)c2)CC1C. The lowest BCUT2D eigenvalue weighted by Gasteiger charge is -2.42. The Balaban J connectivity index is 2.14. The molecule has 0 radical (unpaired) electrons. The quantitative estimate of drug-likeness (QED) is 0.880. The molecule has 112 valence electrons. The van der Waals surface area contributed by atoms with E-state index >= 15 is 0 Å². The Labute approximate surface area is 129 Å². The number of rotatable bonds is 4. The van der Waals surface area contributed by atoms with Gasteiger partial charge in [-0.15, -0.1) is 0 Å². The molecule has 0 aromatic heterocycles. The van der Waals surface area contributed by atoms with E-state index in [-0.39, 0.29) is 18.4 Å². The minimum atomic E-state index is -0.00615. The van der Waals surface area contributed by atoms with E-state index in [4.69, 9.17) is 0 Å². The van der Waals surface area contributed by atoms with E-state index < -0.39 is 0 Å². The molecule has 20 heavy (non-hydrogen) atoms. The van der Waals surface area contributed by atoms with Crippen LogP contribution in [0.1, 0.15) is 25.5 Å². The summed E-state index contributed by atoms with van der Waals surface area (Å²) in [5.74, 6) is 0.231. The van der Waals surface area contributed by atoms with Gasteiger partial charge >= 0.3 is 0 Å². The molecule has 1 saturated heterocycles. The molecule has 1 aliphatic rings. The van der Waals surface area contributed by atoms with Crippen molar-refractivity contribution >= 4 is 15.9 Å². The van der Waals surface area contributed by atoms with Gasteiger partial charge in [-0.05, 0) is 47.1 Å². The van der Waals surface area contributed by atoms with Gasteiger partial charge in [0.25, 0.3) is 0 Å². The highest BCUT2D eigenvalue weighted by molar-refractivity contribution is 9.10. The predicted octanol–water partition coefficient (Wildman–Crippen LogP) is 2.21. The highest BCUT2D eigenvalue weighted by Gasteiger charge is 2.28. The van der Waals surface area contributed by atoms with Crippen LogP contribution in [0.5, 0.6) is 5.75 Å². The van der Waals surface area contributed by atoms with Crippen LogP contribution >= 0.6 is 15.9 Å². The zero-order chi connectivity index (χ0) is 14.7. The number of benzene rings is 1. The van der Waals surface area contributed by atoms with E-state index in [1.807, 2.05) is 12.1 Å². The Morgan fingerprint density at radius 2 is 2.15 bits per heavy atom. The third-order valence-corrected chi connectivity index (χ3v) is 4.81. The van der Waals surface area contributed by atoms with Crippen molar-refractivity contribution in [2.24, 2.45) is 0 Å². The van der Waals surface area contributed by atoms with Crippen molar-refractivity contribution < 1.29 is 10.2 Å². The first-order valence-corrected chi connectivity index (χ1v) is 7.93. The molecule has 5 heteroatoms. The summed E-state index contributed by atoms with van der Waals surface area (Å²) in [5.41, 5.74) is 1.04. The summed E-state index contributed by atoms with van der Waals surface area (Å²) >= 11 is 3.34. The van der Waals surface area contributed by atoms with Gasteiger partial charge in [0, 0.05) is 25.7 Å². The van der Waals surface area contributed by atoms with Gasteiger partial charge in [0.05, 0.1) is 17.1 Å². The van der Waals surface area contributed by atoms with Gasteiger partial charge in [0.15, 0.2) is 0 Å². The van der Waals surface area contributed by atoms with Crippen LogP contribution in [-0.4, -0.2) is 58.8 Å². The molecule has 2 N–H and O–H groups in total. The molecule has 0 spiro atoms. The first-order chi connectivity index (χ1) is 9.56. The minimum Gasteiger partial charge on any atom is -0.507 e. The Hall–Kier alpha value is -0.620. The van der Waals surface area contributed by atoms with E-state index in [0.717, 1.165) is 31.7 Å². The summed E-state index contributed by atoms with van der Waals surface area (Å²) in [6.45, 7) is 8.54. The van der Waals surface area contributed by atoms with Crippen molar-refractivity contribution in [1.82, 2.24) is 9.80 Å². The number of nitrogens with zero attached hydrogens (tertiary/aromatic N) is 2. The third-order valence-electron chi connectivity index (χ3n) is 4.17. The second-order valence-electron chi connectivity index (χ2n) is 5.38. The number of aromatic hydroxyl groups is 1. The van der Waals surface area contributed by atoms with Crippen molar-refractivity contribution in [2.45, 2.75) is 25.9 Å². The third kappa shape index (κ3) is 3.34. The van der Waals surface area contributed by atoms with Gasteiger partial charge in [-0.1, -0.05) is 13.0 Å². The molecule has 0 saturated carbocycles. The number of phenols is 1. The summed E-state index contributed by atoms with van der Waals surface area (Å²) in [5, 5.41) is 19.4. The van der Waals surface area contributed by atoms with Crippen molar-refractivity contribution in [3.63, 3.8) is 0 Å². The molecule has 2 rings (SSSR count). The molecular weight excluding hydrogens is 320 g/mol. The van der Waals surface area contributed by atoms with Gasteiger partial charge in [-0.2, -0.15) is 0 Å². The van der Waals surface area contributed by atoms with Gasteiger partial charge in [0.2, 0.25) is 0 Å². The highest BCUT2D eigenvalue weighted by Crippen LogP contribution is 2.30. The van der Waals surface area contributed by atoms with Crippen molar-refractivity contribution in [1.29, 1.82) is 0 Å². The first kappa shape index (κ1) is 15.8. The van der Waals surface area contributed by atoms with E-state index in [0.29, 0.717) is 10.5 Å². The first-order valence-electron chi connectivity index (χ1n) is 7.14. The fraction of sp³-hybridized carbons (Fsp3) is 0.600. The van der Waals surface area contributed by atoms with Crippen LogP contribution in [0.4, 0.5) is 0 Å². The summed E-state index contributed by atoms with van der Waals surface area (Å²) in [7, 11) is 0. The molecule has 0 bridgehead atoms. The van der Waals surface area contributed by atoms with Crippen LogP contribution in [0.15, 0.2) is 22.7 Å².